The number of nitrogens with zero attached hydrogens (tertiary/aromatic N) is 2. The van der Waals surface area contributed by atoms with Crippen molar-refractivity contribution in [3.8, 4) is 18.1 Å². The number of hydrogen-bond acceptors (Lipinski definition) is 3. The van der Waals surface area contributed by atoms with Gasteiger partial charge in [0.2, 0.25) is 5.91 Å². The Bertz CT molecular complexity index is 585. The number of benzene rings is 1. The lowest BCUT2D eigenvalue weighted by Gasteiger charge is -2.35. The minimum atomic E-state index is -0.0753. The molecule has 1 saturated heterocycles. The second-order valence-electron chi connectivity index (χ2n) is 6.11. The first-order chi connectivity index (χ1) is 11.6. The lowest BCUT2D eigenvalue weighted by molar-refractivity contribution is -0.136. The number of rotatable bonds is 7. The molecule has 4 nitrogen and oxygen atoms in total. The molecule has 0 spiro atoms. The highest BCUT2D eigenvalue weighted by atomic mass is 35.5. The average Bonchev–Trinajstić information content (AvgIpc) is 2.59. The van der Waals surface area contributed by atoms with Gasteiger partial charge in [-0.15, -0.1) is 6.42 Å². The first kappa shape index (κ1) is 18.6. The molecular formula is C19H25ClN2O2. The second kappa shape index (κ2) is 9.56. The molecule has 1 heterocycles. The zero-order chi connectivity index (χ0) is 17.4. The molecule has 1 aromatic carbocycles. The summed E-state index contributed by atoms with van der Waals surface area (Å²) in [6.07, 6.45) is 9.29. The maximum absolute atomic E-state index is 12.6. The molecule has 5 heteroatoms. The van der Waals surface area contributed by atoms with E-state index in [-0.39, 0.29) is 11.9 Å². The topological polar surface area (TPSA) is 32.8 Å². The van der Waals surface area contributed by atoms with Crippen LogP contribution in [0.2, 0.25) is 5.02 Å². The average molecular weight is 349 g/mol. The summed E-state index contributed by atoms with van der Waals surface area (Å²) in [5, 5.41) is 0.658. The summed E-state index contributed by atoms with van der Waals surface area (Å²) in [4.78, 5) is 16.6. The van der Waals surface area contributed by atoms with Gasteiger partial charge in [0.25, 0.3) is 0 Å². The zero-order valence-electron chi connectivity index (χ0n) is 14.2. The first-order valence-electron chi connectivity index (χ1n) is 8.42. The van der Waals surface area contributed by atoms with E-state index in [2.05, 4.69) is 10.8 Å². The number of hydrogen-bond donors (Lipinski definition) is 0. The van der Waals surface area contributed by atoms with E-state index in [9.17, 15) is 4.79 Å². The van der Waals surface area contributed by atoms with E-state index in [1.807, 2.05) is 25.2 Å². The van der Waals surface area contributed by atoms with Crippen molar-refractivity contribution >= 4 is 17.5 Å². The standard InChI is InChI=1S/C19H25ClN2O2/c1-3-11-22-13-5-4-10-18(22)19(23)21(2)12-7-14-24-17-9-6-8-16(20)15-17/h1,6,8-9,15,18H,4-5,7,10-14H2,2H3. The molecule has 1 aliphatic rings. The number of likely N-dealkylation sites (N-methyl/N-ethyl adjacent to an activating group) is 1. The molecule has 24 heavy (non-hydrogen) atoms. The lowest BCUT2D eigenvalue weighted by atomic mass is 10.0. The van der Waals surface area contributed by atoms with Gasteiger partial charge in [-0.3, -0.25) is 9.69 Å². The fourth-order valence-electron chi connectivity index (χ4n) is 2.99. The van der Waals surface area contributed by atoms with E-state index in [1.54, 1.807) is 11.0 Å². The predicted molar refractivity (Wildman–Crippen MR) is 97.2 cm³/mol. The molecule has 1 unspecified atom stereocenters. The minimum absolute atomic E-state index is 0.0753. The molecule has 130 valence electrons. The molecule has 1 amide bonds. The van der Waals surface area contributed by atoms with E-state index in [1.165, 1.54) is 0 Å². The van der Waals surface area contributed by atoms with Crippen LogP contribution in [0.25, 0.3) is 0 Å². The van der Waals surface area contributed by atoms with Crippen molar-refractivity contribution in [2.45, 2.75) is 31.7 Å². The molecule has 1 aromatic rings. The molecule has 0 aromatic heterocycles. The van der Waals surface area contributed by atoms with Gasteiger partial charge in [-0.25, -0.2) is 0 Å². The summed E-state index contributed by atoms with van der Waals surface area (Å²) < 4.78 is 5.66. The smallest absolute Gasteiger partial charge is 0.239 e. The second-order valence-corrected chi connectivity index (χ2v) is 6.54. The van der Waals surface area contributed by atoms with Crippen molar-refractivity contribution in [1.82, 2.24) is 9.80 Å². The Kier molecular flexibility index (Phi) is 7.42. The monoisotopic (exact) mass is 348 g/mol. The number of terminal acetylenes is 1. The van der Waals surface area contributed by atoms with Crippen LogP contribution in [0.4, 0.5) is 0 Å². The van der Waals surface area contributed by atoms with Crippen LogP contribution in [0, 0.1) is 12.3 Å². The Morgan fingerprint density at radius 2 is 2.33 bits per heavy atom. The van der Waals surface area contributed by atoms with E-state index in [0.717, 1.165) is 38.0 Å². The fraction of sp³-hybridized carbons (Fsp3) is 0.526. The van der Waals surface area contributed by atoms with Crippen molar-refractivity contribution in [2.75, 3.05) is 33.3 Å². The fourth-order valence-corrected chi connectivity index (χ4v) is 3.17. The molecular weight excluding hydrogens is 324 g/mol. The van der Waals surface area contributed by atoms with Gasteiger partial charge < -0.3 is 9.64 Å². The Hall–Kier alpha value is -1.70. The number of halogens is 1. The van der Waals surface area contributed by atoms with Gasteiger partial charge in [0.1, 0.15) is 5.75 Å². The van der Waals surface area contributed by atoms with Crippen LogP contribution in [-0.2, 0) is 4.79 Å². The molecule has 2 rings (SSSR count). The first-order valence-corrected chi connectivity index (χ1v) is 8.80. The Morgan fingerprint density at radius 1 is 1.50 bits per heavy atom. The zero-order valence-corrected chi connectivity index (χ0v) is 15.0. The summed E-state index contributed by atoms with van der Waals surface area (Å²) in [5.41, 5.74) is 0. The minimum Gasteiger partial charge on any atom is -0.493 e. The van der Waals surface area contributed by atoms with Gasteiger partial charge >= 0.3 is 0 Å². The van der Waals surface area contributed by atoms with Gasteiger partial charge in [-0.2, -0.15) is 0 Å². The molecule has 1 aliphatic heterocycles. The van der Waals surface area contributed by atoms with Crippen LogP contribution in [0.5, 0.6) is 5.75 Å². The van der Waals surface area contributed by atoms with Gasteiger partial charge in [0.05, 0.1) is 19.2 Å². The molecule has 1 fully saturated rings. The van der Waals surface area contributed by atoms with Crippen molar-refractivity contribution in [2.24, 2.45) is 0 Å². The Balaban J connectivity index is 1.75. The van der Waals surface area contributed by atoms with E-state index >= 15 is 0 Å². The lowest BCUT2D eigenvalue weighted by Crippen LogP contribution is -2.50. The van der Waals surface area contributed by atoms with Crippen molar-refractivity contribution < 1.29 is 9.53 Å². The van der Waals surface area contributed by atoms with E-state index in [0.29, 0.717) is 24.7 Å². The quantitative estimate of drug-likeness (QED) is 0.561. The molecule has 1 atom stereocenters. The third kappa shape index (κ3) is 5.43. The summed E-state index contributed by atoms with van der Waals surface area (Å²) in [6.45, 7) is 2.67. The van der Waals surface area contributed by atoms with Gasteiger partial charge in [-0.05, 0) is 44.0 Å². The van der Waals surface area contributed by atoms with Gasteiger partial charge in [0, 0.05) is 18.6 Å². The third-order valence-corrected chi connectivity index (χ3v) is 4.51. The number of carbonyl (C=O) groups excluding carboxylic acids is 1. The van der Waals surface area contributed by atoms with Gasteiger partial charge in [-0.1, -0.05) is 30.0 Å². The highest BCUT2D eigenvalue weighted by Crippen LogP contribution is 2.19. The molecule has 0 bridgehead atoms. The highest BCUT2D eigenvalue weighted by Gasteiger charge is 2.29. The number of likely N-dealkylation sites (tertiary alicyclic amines) is 1. The Morgan fingerprint density at radius 3 is 3.08 bits per heavy atom. The molecule has 0 N–H and O–H groups in total. The van der Waals surface area contributed by atoms with Crippen LogP contribution in [0.3, 0.4) is 0 Å². The largest absolute Gasteiger partial charge is 0.493 e. The normalized spacial score (nSPS) is 18.0. The van der Waals surface area contributed by atoms with E-state index in [4.69, 9.17) is 22.8 Å². The number of piperidine rings is 1. The summed E-state index contributed by atoms with van der Waals surface area (Å²) in [7, 11) is 1.85. The molecule has 0 radical (unpaired) electrons. The number of ether oxygens (including phenoxy) is 1. The molecule has 0 aliphatic carbocycles. The summed E-state index contributed by atoms with van der Waals surface area (Å²) in [5.74, 6) is 3.57. The predicted octanol–water partition coefficient (Wildman–Crippen LogP) is 3.06. The van der Waals surface area contributed by atoms with Crippen molar-refractivity contribution in [1.29, 1.82) is 0 Å². The summed E-state index contributed by atoms with van der Waals surface area (Å²) >= 11 is 5.92. The highest BCUT2D eigenvalue weighted by molar-refractivity contribution is 6.30. The van der Waals surface area contributed by atoms with Crippen LogP contribution in [0.15, 0.2) is 24.3 Å². The third-order valence-electron chi connectivity index (χ3n) is 4.27. The number of carbonyl (C=O) groups is 1. The van der Waals surface area contributed by atoms with Crippen LogP contribution < -0.4 is 4.74 Å². The SMILES string of the molecule is C#CCN1CCCCC1C(=O)N(C)CCCOc1cccc(Cl)c1. The van der Waals surface area contributed by atoms with Gasteiger partial charge in [0.15, 0.2) is 0 Å². The molecule has 0 saturated carbocycles. The Labute approximate surface area is 149 Å². The van der Waals surface area contributed by atoms with Crippen LogP contribution in [0.1, 0.15) is 25.7 Å². The van der Waals surface area contributed by atoms with Crippen LogP contribution >= 0.6 is 11.6 Å². The van der Waals surface area contributed by atoms with Crippen LogP contribution in [-0.4, -0.2) is 55.0 Å². The van der Waals surface area contributed by atoms with E-state index < -0.39 is 0 Å². The maximum atomic E-state index is 12.6. The van der Waals surface area contributed by atoms with Crippen molar-refractivity contribution in [3.05, 3.63) is 29.3 Å². The maximum Gasteiger partial charge on any atom is 0.239 e. The summed E-state index contributed by atoms with van der Waals surface area (Å²) in [6, 6.07) is 7.26. The van der Waals surface area contributed by atoms with Crippen molar-refractivity contribution in [3.63, 3.8) is 0 Å². The number of amides is 1.